The molecule has 0 unspecified atom stereocenters. The van der Waals surface area contributed by atoms with Crippen molar-refractivity contribution in [3.8, 4) is 0 Å². The quantitative estimate of drug-likeness (QED) is 0.712. The van der Waals surface area contributed by atoms with Gasteiger partial charge in [0.2, 0.25) is 15.9 Å². The molecular formula is C17H20N2O4S2. The highest BCUT2D eigenvalue weighted by atomic mass is 32.2. The van der Waals surface area contributed by atoms with Gasteiger partial charge in [0.15, 0.2) is 0 Å². The van der Waals surface area contributed by atoms with Crippen LogP contribution in [0.2, 0.25) is 0 Å². The Hall–Kier alpha value is -2.19. The van der Waals surface area contributed by atoms with E-state index in [4.69, 9.17) is 0 Å². The van der Waals surface area contributed by atoms with Gasteiger partial charge in [0.25, 0.3) is 5.91 Å². The summed E-state index contributed by atoms with van der Waals surface area (Å²) in [7, 11) is -3.65. The lowest BCUT2D eigenvalue weighted by atomic mass is 10.2. The molecule has 25 heavy (non-hydrogen) atoms. The predicted molar refractivity (Wildman–Crippen MR) is 97.7 cm³/mol. The number of thiophene rings is 1. The highest BCUT2D eigenvalue weighted by molar-refractivity contribution is 7.88. The molecule has 0 aliphatic carbocycles. The van der Waals surface area contributed by atoms with Crippen molar-refractivity contribution in [1.82, 2.24) is 9.62 Å². The molecule has 134 valence electrons. The minimum absolute atomic E-state index is 0.0137. The van der Waals surface area contributed by atoms with Gasteiger partial charge in [-0.15, -0.1) is 0 Å². The number of hydrogen-bond acceptors (Lipinski definition) is 5. The SMILES string of the molecule is CS(=O)(=O)N(Cc1ccccc1)C(=O)CCCNC(=O)c1ccsc1. The van der Waals surface area contributed by atoms with Gasteiger partial charge in [-0.05, 0) is 23.4 Å². The summed E-state index contributed by atoms with van der Waals surface area (Å²) in [6.07, 6.45) is 1.44. The molecule has 0 radical (unpaired) electrons. The Bertz CT molecular complexity index is 802. The van der Waals surface area contributed by atoms with Crippen LogP contribution in [0.3, 0.4) is 0 Å². The van der Waals surface area contributed by atoms with Crippen LogP contribution in [0.1, 0.15) is 28.8 Å². The van der Waals surface area contributed by atoms with E-state index < -0.39 is 15.9 Å². The largest absolute Gasteiger partial charge is 0.352 e. The van der Waals surface area contributed by atoms with Crippen LogP contribution in [0, 0.1) is 0 Å². The molecule has 2 rings (SSSR count). The molecule has 0 atom stereocenters. The number of nitrogens with one attached hydrogen (secondary N) is 1. The highest BCUT2D eigenvalue weighted by Gasteiger charge is 2.22. The zero-order chi connectivity index (χ0) is 18.3. The second kappa shape index (κ2) is 8.77. The fraction of sp³-hybridized carbons (Fsp3) is 0.294. The van der Waals surface area contributed by atoms with Crippen LogP contribution in [-0.4, -0.2) is 37.3 Å². The van der Waals surface area contributed by atoms with Crippen molar-refractivity contribution in [3.63, 3.8) is 0 Å². The lowest BCUT2D eigenvalue weighted by Gasteiger charge is -2.20. The van der Waals surface area contributed by atoms with E-state index in [-0.39, 0.29) is 18.9 Å². The van der Waals surface area contributed by atoms with Crippen molar-refractivity contribution in [3.05, 3.63) is 58.3 Å². The van der Waals surface area contributed by atoms with Crippen LogP contribution < -0.4 is 5.32 Å². The van der Waals surface area contributed by atoms with Crippen LogP contribution in [0.5, 0.6) is 0 Å². The van der Waals surface area contributed by atoms with Crippen LogP contribution in [-0.2, 0) is 21.4 Å². The number of rotatable bonds is 8. The Balaban J connectivity index is 1.86. The first-order valence-electron chi connectivity index (χ1n) is 7.73. The standard InChI is InChI=1S/C17H20N2O4S2/c1-25(22,23)19(12-14-6-3-2-4-7-14)16(20)8-5-10-18-17(21)15-9-11-24-13-15/h2-4,6-7,9,11,13H,5,8,10,12H2,1H3,(H,18,21). The number of benzene rings is 1. The third-order valence-corrected chi connectivity index (χ3v) is 5.30. The predicted octanol–water partition coefficient (Wildman–Crippen LogP) is 2.25. The molecule has 1 N–H and O–H groups in total. The number of hydrogen-bond donors (Lipinski definition) is 1. The number of nitrogens with zero attached hydrogens (tertiary/aromatic N) is 1. The van der Waals surface area contributed by atoms with Gasteiger partial charge in [-0.3, -0.25) is 9.59 Å². The van der Waals surface area contributed by atoms with Gasteiger partial charge >= 0.3 is 0 Å². The molecule has 2 amide bonds. The van der Waals surface area contributed by atoms with Crippen molar-refractivity contribution in [2.24, 2.45) is 0 Å². The van der Waals surface area contributed by atoms with E-state index in [2.05, 4.69) is 5.32 Å². The van der Waals surface area contributed by atoms with E-state index in [9.17, 15) is 18.0 Å². The lowest BCUT2D eigenvalue weighted by molar-refractivity contribution is -0.126. The van der Waals surface area contributed by atoms with Gasteiger partial charge in [0.1, 0.15) is 0 Å². The first-order chi connectivity index (χ1) is 11.9. The number of sulfonamides is 1. The first kappa shape index (κ1) is 19.1. The molecule has 1 aromatic heterocycles. The summed E-state index contributed by atoms with van der Waals surface area (Å²) in [6, 6.07) is 10.7. The average Bonchev–Trinajstić information content (AvgIpc) is 3.11. The number of carbonyl (C=O) groups is 2. The summed E-state index contributed by atoms with van der Waals surface area (Å²) < 4.78 is 24.7. The van der Waals surface area contributed by atoms with Gasteiger partial charge in [-0.1, -0.05) is 30.3 Å². The zero-order valence-corrected chi connectivity index (χ0v) is 15.5. The minimum atomic E-state index is -3.65. The van der Waals surface area contributed by atoms with E-state index in [1.807, 2.05) is 11.4 Å². The molecule has 8 heteroatoms. The molecule has 0 aliphatic rings. The Morgan fingerprint density at radius 3 is 2.48 bits per heavy atom. The Morgan fingerprint density at radius 1 is 1.16 bits per heavy atom. The summed E-state index contributed by atoms with van der Waals surface area (Å²) in [4.78, 5) is 24.1. The third kappa shape index (κ3) is 5.99. The summed E-state index contributed by atoms with van der Waals surface area (Å²) in [5.41, 5.74) is 1.32. The first-order valence-corrected chi connectivity index (χ1v) is 10.5. The maximum Gasteiger partial charge on any atom is 0.252 e. The summed E-state index contributed by atoms with van der Waals surface area (Å²) in [6.45, 7) is 0.323. The lowest BCUT2D eigenvalue weighted by Crippen LogP contribution is -2.36. The summed E-state index contributed by atoms with van der Waals surface area (Å²) in [5, 5.41) is 6.27. The molecular weight excluding hydrogens is 360 g/mol. The Kier molecular flexibility index (Phi) is 6.72. The van der Waals surface area contributed by atoms with Gasteiger partial charge in [0, 0.05) is 23.9 Å². The third-order valence-electron chi connectivity index (χ3n) is 3.48. The van der Waals surface area contributed by atoms with Crippen molar-refractivity contribution in [2.45, 2.75) is 19.4 Å². The fourth-order valence-corrected chi connectivity index (χ4v) is 3.68. The van der Waals surface area contributed by atoms with Gasteiger partial charge < -0.3 is 5.32 Å². The maximum absolute atomic E-state index is 12.3. The van der Waals surface area contributed by atoms with Gasteiger partial charge in [0.05, 0.1) is 12.8 Å². The van der Waals surface area contributed by atoms with Crippen molar-refractivity contribution in [2.75, 3.05) is 12.8 Å². The topological polar surface area (TPSA) is 83.6 Å². The molecule has 0 fully saturated rings. The van der Waals surface area contributed by atoms with Gasteiger partial charge in [-0.25, -0.2) is 12.7 Å². The Labute approximate surface area is 151 Å². The Morgan fingerprint density at radius 2 is 1.88 bits per heavy atom. The van der Waals surface area contributed by atoms with Gasteiger partial charge in [-0.2, -0.15) is 11.3 Å². The van der Waals surface area contributed by atoms with Crippen LogP contribution in [0.4, 0.5) is 0 Å². The monoisotopic (exact) mass is 380 g/mol. The smallest absolute Gasteiger partial charge is 0.252 e. The molecule has 0 saturated heterocycles. The second-order valence-corrected chi connectivity index (χ2v) is 8.21. The maximum atomic E-state index is 12.3. The fourth-order valence-electron chi connectivity index (χ4n) is 2.20. The molecule has 0 aliphatic heterocycles. The molecule has 0 spiro atoms. The molecule has 1 heterocycles. The van der Waals surface area contributed by atoms with E-state index in [0.717, 1.165) is 16.1 Å². The molecule has 0 saturated carbocycles. The van der Waals surface area contributed by atoms with E-state index >= 15 is 0 Å². The van der Waals surface area contributed by atoms with E-state index in [0.29, 0.717) is 18.5 Å². The van der Waals surface area contributed by atoms with Crippen LogP contribution in [0.15, 0.2) is 47.2 Å². The van der Waals surface area contributed by atoms with Crippen LogP contribution >= 0.6 is 11.3 Å². The van der Waals surface area contributed by atoms with E-state index in [1.165, 1.54) is 11.3 Å². The normalized spacial score (nSPS) is 11.1. The van der Waals surface area contributed by atoms with E-state index in [1.54, 1.807) is 35.7 Å². The second-order valence-electron chi connectivity index (χ2n) is 5.52. The molecule has 6 nitrogen and oxygen atoms in total. The molecule has 2 aromatic rings. The highest BCUT2D eigenvalue weighted by Crippen LogP contribution is 2.11. The summed E-state index contributed by atoms with van der Waals surface area (Å²) >= 11 is 1.43. The van der Waals surface area contributed by atoms with Crippen molar-refractivity contribution < 1.29 is 18.0 Å². The van der Waals surface area contributed by atoms with Crippen molar-refractivity contribution >= 4 is 33.2 Å². The number of carbonyl (C=O) groups excluding carboxylic acids is 2. The van der Waals surface area contributed by atoms with Crippen molar-refractivity contribution in [1.29, 1.82) is 0 Å². The van der Waals surface area contributed by atoms with Crippen LogP contribution in [0.25, 0.3) is 0 Å². The minimum Gasteiger partial charge on any atom is -0.352 e. The molecule has 0 bridgehead atoms. The summed E-state index contributed by atoms with van der Waals surface area (Å²) in [5.74, 6) is -0.672. The average molecular weight is 380 g/mol. The number of amides is 2. The molecule has 1 aromatic carbocycles. The zero-order valence-electron chi connectivity index (χ0n) is 13.8.